The molecule has 2 amide bonds. The summed E-state index contributed by atoms with van der Waals surface area (Å²) in [6.45, 7) is 8.63. The lowest BCUT2D eigenvalue weighted by Crippen LogP contribution is -2.50. The van der Waals surface area contributed by atoms with Gasteiger partial charge in [0.05, 0.1) is 0 Å². The number of rotatable bonds is 7. The van der Waals surface area contributed by atoms with E-state index in [-0.39, 0.29) is 17.7 Å². The van der Waals surface area contributed by atoms with E-state index in [2.05, 4.69) is 16.0 Å². The van der Waals surface area contributed by atoms with Crippen molar-refractivity contribution in [3.63, 3.8) is 0 Å². The van der Waals surface area contributed by atoms with Gasteiger partial charge in [-0.3, -0.25) is 9.59 Å². The standard InChI is InChI=1S/C19H29N3O2/c1-13(2)17(19(24)21-11-9-15-8-10-20-12-15)22-18(23)16-6-4-14(3)5-7-16/h4-7,13,15,17,20H,8-12H2,1-3H3,(H,21,24)(H,22,23). The first kappa shape index (κ1) is 18.5. The van der Waals surface area contributed by atoms with E-state index in [9.17, 15) is 9.59 Å². The van der Waals surface area contributed by atoms with Crippen molar-refractivity contribution in [2.24, 2.45) is 11.8 Å². The number of hydrogen-bond donors (Lipinski definition) is 3. The zero-order valence-electron chi connectivity index (χ0n) is 14.9. The summed E-state index contributed by atoms with van der Waals surface area (Å²) in [5, 5.41) is 9.17. The van der Waals surface area contributed by atoms with Gasteiger partial charge in [0.1, 0.15) is 6.04 Å². The second-order valence-electron chi connectivity index (χ2n) is 7.00. The normalized spacial score (nSPS) is 18.4. The molecule has 1 aliphatic heterocycles. The van der Waals surface area contributed by atoms with Crippen molar-refractivity contribution in [2.45, 2.75) is 39.7 Å². The van der Waals surface area contributed by atoms with Gasteiger partial charge in [-0.15, -0.1) is 0 Å². The minimum absolute atomic E-state index is 0.0348. The van der Waals surface area contributed by atoms with Gasteiger partial charge in [0.15, 0.2) is 0 Å². The summed E-state index contributed by atoms with van der Waals surface area (Å²) in [6, 6.07) is 6.85. The lowest BCUT2D eigenvalue weighted by Gasteiger charge is -2.22. The van der Waals surface area contributed by atoms with Gasteiger partial charge in [0, 0.05) is 12.1 Å². The summed E-state index contributed by atoms with van der Waals surface area (Å²) < 4.78 is 0. The summed E-state index contributed by atoms with van der Waals surface area (Å²) >= 11 is 0. The largest absolute Gasteiger partial charge is 0.354 e. The number of hydrogen-bond acceptors (Lipinski definition) is 3. The van der Waals surface area contributed by atoms with Crippen LogP contribution < -0.4 is 16.0 Å². The molecule has 0 bridgehead atoms. The van der Waals surface area contributed by atoms with Gasteiger partial charge in [-0.05, 0) is 56.8 Å². The molecule has 1 saturated heterocycles. The summed E-state index contributed by atoms with van der Waals surface area (Å²) in [7, 11) is 0. The minimum Gasteiger partial charge on any atom is -0.354 e. The van der Waals surface area contributed by atoms with E-state index >= 15 is 0 Å². The average Bonchev–Trinajstić information content (AvgIpc) is 3.06. The monoisotopic (exact) mass is 331 g/mol. The predicted octanol–water partition coefficient (Wildman–Crippen LogP) is 1.87. The van der Waals surface area contributed by atoms with Crippen LogP contribution in [0.4, 0.5) is 0 Å². The zero-order chi connectivity index (χ0) is 17.5. The molecule has 1 aromatic carbocycles. The summed E-state index contributed by atoms with van der Waals surface area (Å²) in [5.74, 6) is 0.373. The van der Waals surface area contributed by atoms with Crippen molar-refractivity contribution in [1.82, 2.24) is 16.0 Å². The Morgan fingerprint density at radius 2 is 1.96 bits per heavy atom. The SMILES string of the molecule is Cc1ccc(C(=O)NC(C(=O)NCCC2CCNC2)C(C)C)cc1. The molecule has 1 aromatic rings. The van der Waals surface area contributed by atoms with Gasteiger partial charge in [-0.1, -0.05) is 31.5 Å². The Kier molecular flexibility index (Phi) is 6.79. The number of aryl methyl sites for hydroxylation is 1. The Morgan fingerprint density at radius 3 is 2.54 bits per heavy atom. The van der Waals surface area contributed by atoms with Crippen molar-refractivity contribution in [2.75, 3.05) is 19.6 Å². The number of carbonyl (C=O) groups excluding carboxylic acids is 2. The topological polar surface area (TPSA) is 70.2 Å². The van der Waals surface area contributed by atoms with Crippen LogP contribution in [0.5, 0.6) is 0 Å². The summed E-state index contributed by atoms with van der Waals surface area (Å²) in [6.07, 6.45) is 2.16. The summed E-state index contributed by atoms with van der Waals surface area (Å²) in [5.41, 5.74) is 1.68. The molecule has 24 heavy (non-hydrogen) atoms. The van der Waals surface area contributed by atoms with E-state index < -0.39 is 6.04 Å². The van der Waals surface area contributed by atoms with Gasteiger partial charge >= 0.3 is 0 Å². The van der Waals surface area contributed by atoms with Gasteiger partial charge in [-0.25, -0.2) is 0 Å². The minimum atomic E-state index is -0.513. The van der Waals surface area contributed by atoms with E-state index in [0.717, 1.165) is 25.1 Å². The van der Waals surface area contributed by atoms with Crippen molar-refractivity contribution < 1.29 is 9.59 Å². The third-order valence-electron chi connectivity index (χ3n) is 4.56. The fourth-order valence-electron chi connectivity index (χ4n) is 2.93. The molecule has 5 heteroatoms. The van der Waals surface area contributed by atoms with Crippen LogP contribution in [0.15, 0.2) is 24.3 Å². The van der Waals surface area contributed by atoms with Gasteiger partial charge in [0.2, 0.25) is 5.91 Å². The molecule has 3 N–H and O–H groups in total. The van der Waals surface area contributed by atoms with Crippen molar-refractivity contribution in [3.05, 3.63) is 35.4 Å². The van der Waals surface area contributed by atoms with Crippen LogP contribution in [0.3, 0.4) is 0 Å². The van der Waals surface area contributed by atoms with Gasteiger partial charge < -0.3 is 16.0 Å². The second kappa shape index (κ2) is 8.83. The predicted molar refractivity (Wildman–Crippen MR) is 95.9 cm³/mol. The van der Waals surface area contributed by atoms with E-state index in [4.69, 9.17) is 0 Å². The molecule has 2 rings (SSSR count). The van der Waals surface area contributed by atoms with Crippen LogP contribution >= 0.6 is 0 Å². The van der Waals surface area contributed by atoms with Crippen LogP contribution in [-0.4, -0.2) is 37.5 Å². The number of nitrogens with one attached hydrogen (secondary N) is 3. The van der Waals surface area contributed by atoms with Gasteiger partial charge in [0.25, 0.3) is 5.91 Å². The molecule has 0 aliphatic carbocycles. The fourth-order valence-corrected chi connectivity index (χ4v) is 2.93. The summed E-state index contributed by atoms with van der Waals surface area (Å²) in [4.78, 5) is 24.8. The van der Waals surface area contributed by atoms with Crippen LogP contribution in [0.2, 0.25) is 0 Å². The molecule has 1 heterocycles. The highest BCUT2D eigenvalue weighted by Crippen LogP contribution is 2.11. The molecule has 0 aromatic heterocycles. The first-order chi connectivity index (χ1) is 11.5. The number of benzene rings is 1. The van der Waals surface area contributed by atoms with Crippen LogP contribution in [0, 0.1) is 18.8 Å². The van der Waals surface area contributed by atoms with Crippen LogP contribution in [0.1, 0.15) is 42.6 Å². The van der Waals surface area contributed by atoms with Crippen LogP contribution in [-0.2, 0) is 4.79 Å². The molecule has 2 unspecified atom stereocenters. The smallest absolute Gasteiger partial charge is 0.251 e. The molecule has 0 radical (unpaired) electrons. The van der Waals surface area contributed by atoms with E-state index in [1.807, 2.05) is 32.9 Å². The zero-order valence-corrected chi connectivity index (χ0v) is 14.9. The molecular formula is C19H29N3O2. The lowest BCUT2D eigenvalue weighted by molar-refractivity contribution is -0.123. The first-order valence-electron chi connectivity index (χ1n) is 8.83. The van der Waals surface area contributed by atoms with E-state index in [0.29, 0.717) is 18.0 Å². The van der Waals surface area contributed by atoms with E-state index in [1.165, 1.54) is 6.42 Å². The third kappa shape index (κ3) is 5.34. The third-order valence-corrected chi connectivity index (χ3v) is 4.56. The molecular weight excluding hydrogens is 302 g/mol. The molecule has 132 valence electrons. The highest BCUT2D eigenvalue weighted by molar-refractivity contribution is 5.97. The van der Waals surface area contributed by atoms with Gasteiger partial charge in [-0.2, -0.15) is 0 Å². The van der Waals surface area contributed by atoms with Crippen LogP contribution in [0.25, 0.3) is 0 Å². The number of carbonyl (C=O) groups is 2. The molecule has 2 atom stereocenters. The maximum atomic E-state index is 12.4. The Bertz CT molecular complexity index is 548. The highest BCUT2D eigenvalue weighted by atomic mass is 16.2. The maximum absolute atomic E-state index is 12.4. The Balaban J connectivity index is 1.86. The van der Waals surface area contributed by atoms with Crippen molar-refractivity contribution in [3.8, 4) is 0 Å². The highest BCUT2D eigenvalue weighted by Gasteiger charge is 2.24. The average molecular weight is 331 g/mol. The molecule has 1 aliphatic rings. The van der Waals surface area contributed by atoms with Crippen molar-refractivity contribution >= 4 is 11.8 Å². The quantitative estimate of drug-likeness (QED) is 0.714. The molecule has 0 spiro atoms. The van der Waals surface area contributed by atoms with Crippen molar-refractivity contribution in [1.29, 1.82) is 0 Å². The Labute approximate surface area is 144 Å². The Hall–Kier alpha value is -1.88. The second-order valence-corrected chi connectivity index (χ2v) is 7.00. The Morgan fingerprint density at radius 1 is 1.25 bits per heavy atom. The molecule has 1 fully saturated rings. The molecule has 5 nitrogen and oxygen atoms in total. The fraction of sp³-hybridized carbons (Fsp3) is 0.579. The van der Waals surface area contributed by atoms with E-state index in [1.54, 1.807) is 12.1 Å². The number of amides is 2. The lowest BCUT2D eigenvalue weighted by atomic mass is 10.0. The first-order valence-corrected chi connectivity index (χ1v) is 8.83. The maximum Gasteiger partial charge on any atom is 0.251 e. The molecule has 0 saturated carbocycles.